The van der Waals surface area contributed by atoms with E-state index in [1.165, 1.54) is 11.1 Å². The SMILES string of the molecule is O=C1c2ccccc2C(=O)C2Cc3ccccc3CC12. The van der Waals surface area contributed by atoms with Crippen LogP contribution >= 0.6 is 0 Å². The van der Waals surface area contributed by atoms with E-state index in [2.05, 4.69) is 12.1 Å². The Hall–Kier alpha value is -2.22. The van der Waals surface area contributed by atoms with Gasteiger partial charge in [-0.3, -0.25) is 9.59 Å². The normalized spacial score (nSPS) is 23.8. The van der Waals surface area contributed by atoms with Crippen LogP contribution in [0.3, 0.4) is 0 Å². The van der Waals surface area contributed by atoms with Crippen molar-refractivity contribution in [3.05, 3.63) is 70.8 Å². The number of carbonyl (C=O) groups is 2. The van der Waals surface area contributed by atoms with Gasteiger partial charge < -0.3 is 0 Å². The average molecular weight is 262 g/mol. The third-order valence-electron chi connectivity index (χ3n) is 4.62. The van der Waals surface area contributed by atoms with E-state index in [-0.39, 0.29) is 23.4 Å². The number of ketones is 2. The standard InChI is InChI=1S/C18H14O2/c19-17-13-7-3-4-8-14(13)18(20)16-10-12-6-2-1-5-11(12)9-15(16)17/h1-8,15-16H,9-10H2. The highest BCUT2D eigenvalue weighted by Crippen LogP contribution is 2.38. The second-order valence-corrected chi connectivity index (χ2v) is 5.66. The molecule has 0 heterocycles. The second-order valence-electron chi connectivity index (χ2n) is 5.66. The Morgan fingerprint density at radius 1 is 0.650 bits per heavy atom. The van der Waals surface area contributed by atoms with Crippen LogP contribution < -0.4 is 0 Å². The Balaban J connectivity index is 1.84. The first kappa shape index (κ1) is 11.6. The number of hydrogen-bond acceptors (Lipinski definition) is 2. The molecule has 0 fully saturated rings. The number of carbonyl (C=O) groups excluding carboxylic acids is 2. The van der Waals surface area contributed by atoms with Gasteiger partial charge in [0.15, 0.2) is 11.6 Å². The fourth-order valence-corrected chi connectivity index (χ4v) is 3.58. The largest absolute Gasteiger partial charge is 0.294 e. The molecule has 20 heavy (non-hydrogen) atoms. The van der Waals surface area contributed by atoms with E-state index >= 15 is 0 Å². The monoisotopic (exact) mass is 262 g/mol. The third kappa shape index (κ3) is 1.51. The number of hydrogen-bond donors (Lipinski definition) is 0. The van der Waals surface area contributed by atoms with E-state index in [1.807, 2.05) is 24.3 Å². The van der Waals surface area contributed by atoms with Crippen molar-refractivity contribution in [2.45, 2.75) is 12.8 Å². The Labute approximate surface area is 117 Å². The molecule has 0 bridgehead atoms. The molecule has 0 N–H and O–H groups in total. The van der Waals surface area contributed by atoms with Gasteiger partial charge >= 0.3 is 0 Å². The molecular weight excluding hydrogens is 248 g/mol. The minimum absolute atomic E-state index is 0.139. The highest BCUT2D eigenvalue weighted by atomic mass is 16.1. The van der Waals surface area contributed by atoms with Crippen LogP contribution in [0.1, 0.15) is 31.8 Å². The zero-order chi connectivity index (χ0) is 13.7. The molecule has 0 spiro atoms. The first-order valence-electron chi connectivity index (χ1n) is 7.00. The predicted octanol–water partition coefficient (Wildman–Crippen LogP) is 3.10. The van der Waals surface area contributed by atoms with E-state index in [4.69, 9.17) is 0 Å². The summed E-state index contributed by atoms with van der Waals surface area (Å²) < 4.78 is 0. The lowest BCUT2D eigenvalue weighted by Crippen LogP contribution is -2.41. The molecule has 2 aliphatic rings. The van der Waals surface area contributed by atoms with Gasteiger partial charge in [-0.15, -0.1) is 0 Å². The van der Waals surface area contributed by atoms with Gasteiger partial charge in [0.1, 0.15) is 0 Å². The summed E-state index contributed by atoms with van der Waals surface area (Å²) >= 11 is 0. The summed E-state index contributed by atoms with van der Waals surface area (Å²) in [5.41, 5.74) is 3.65. The van der Waals surface area contributed by atoms with Crippen molar-refractivity contribution in [3.63, 3.8) is 0 Å². The predicted molar refractivity (Wildman–Crippen MR) is 75.9 cm³/mol. The summed E-state index contributed by atoms with van der Waals surface area (Å²) in [5.74, 6) is -0.0704. The van der Waals surface area contributed by atoms with E-state index < -0.39 is 0 Å². The molecule has 2 aromatic carbocycles. The van der Waals surface area contributed by atoms with E-state index in [1.54, 1.807) is 12.1 Å². The van der Waals surface area contributed by atoms with Crippen molar-refractivity contribution in [3.8, 4) is 0 Å². The Kier molecular flexibility index (Phi) is 2.40. The number of rotatable bonds is 0. The lowest BCUT2D eigenvalue weighted by atomic mass is 9.66. The summed E-state index contributed by atoms with van der Waals surface area (Å²) in [7, 11) is 0. The number of Topliss-reactive ketones (excluding diaryl/α,β-unsaturated/α-hetero) is 2. The smallest absolute Gasteiger partial charge is 0.167 e. The number of benzene rings is 2. The molecule has 2 aliphatic carbocycles. The fraction of sp³-hybridized carbons (Fsp3) is 0.222. The van der Waals surface area contributed by atoms with Gasteiger partial charge in [-0.1, -0.05) is 48.5 Å². The van der Waals surface area contributed by atoms with Crippen LogP contribution in [0.5, 0.6) is 0 Å². The van der Waals surface area contributed by atoms with Gasteiger partial charge in [-0.2, -0.15) is 0 Å². The van der Waals surface area contributed by atoms with Gasteiger partial charge in [0.2, 0.25) is 0 Å². The fourth-order valence-electron chi connectivity index (χ4n) is 3.58. The average Bonchev–Trinajstić information content (AvgIpc) is 2.51. The molecule has 2 nitrogen and oxygen atoms in total. The minimum Gasteiger partial charge on any atom is -0.294 e. The zero-order valence-corrected chi connectivity index (χ0v) is 11.0. The second kappa shape index (κ2) is 4.14. The van der Waals surface area contributed by atoms with Crippen molar-refractivity contribution >= 4 is 11.6 Å². The maximum atomic E-state index is 12.7. The summed E-state index contributed by atoms with van der Waals surface area (Å²) in [6, 6.07) is 15.4. The van der Waals surface area contributed by atoms with Crippen LogP contribution in [-0.2, 0) is 12.8 Å². The van der Waals surface area contributed by atoms with Crippen LogP contribution in [0.4, 0.5) is 0 Å². The maximum Gasteiger partial charge on any atom is 0.167 e. The third-order valence-corrected chi connectivity index (χ3v) is 4.62. The molecule has 0 radical (unpaired) electrons. The van der Waals surface area contributed by atoms with E-state index in [9.17, 15) is 9.59 Å². The van der Waals surface area contributed by atoms with Gasteiger partial charge in [-0.05, 0) is 24.0 Å². The number of fused-ring (bicyclic) bond motifs is 3. The minimum atomic E-state index is -0.174. The van der Waals surface area contributed by atoms with E-state index in [0.717, 1.165) is 0 Å². The Morgan fingerprint density at radius 3 is 1.50 bits per heavy atom. The molecule has 2 heteroatoms. The van der Waals surface area contributed by atoms with Crippen molar-refractivity contribution in [2.75, 3.05) is 0 Å². The first-order valence-corrected chi connectivity index (χ1v) is 7.00. The van der Waals surface area contributed by atoms with Crippen molar-refractivity contribution < 1.29 is 9.59 Å². The molecule has 0 aromatic heterocycles. The molecule has 0 aliphatic heterocycles. The summed E-state index contributed by atoms with van der Waals surface area (Å²) in [5, 5.41) is 0. The lowest BCUT2D eigenvalue weighted by Gasteiger charge is -2.35. The first-order chi connectivity index (χ1) is 9.75. The van der Waals surface area contributed by atoms with Crippen molar-refractivity contribution in [1.29, 1.82) is 0 Å². The molecule has 0 saturated heterocycles. The maximum absolute atomic E-state index is 12.7. The summed E-state index contributed by atoms with van der Waals surface area (Å²) in [6.45, 7) is 0. The Bertz CT molecular complexity index is 668. The highest BCUT2D eigenvalue weighted by molar-refractivity contribution is 6.16. The van der Waals surface area contributed by atoms with Crippen LogP contribution in [-0.4, -0.2) is 11.6 Å². The Morgan fingerprint density at radius 2 is 1.05 bits per heavy atom. The van der Waals surface area contributed by atoms with Crippen LogP contribution in [0.15, 0.2) is 48.5 Å². The van der Waals surface area contributed by atoms with Gasteiger partial charge in [0, 0.05) is 23.0 Å². The topological polar surface area (TPSA) is 34.1 Å². The van der Waals surface area contributed by atoms with Gasteiger partial charge in [-0.25, -0.2) is 0 Å². The molecule has 4 rings (SSSR count). The molecule has 2 aromatic rings. The molecule has 98 valence electrons. The van der Waals surface area contributed by atoms with Gasteiger partial charge in [0.05, 0.1) is 0 Å². The zero-order valence-electron chi connectivity index (χ0n) is 11.0. The lowest BCUT2D eigenvalue weighted by molar-refractivity contribution is 0.0721. The van der Waals surface area contributed by atoms with Crippen LogP contribution in [0.25, 0.3) is 0 Å². The molecule has 2 unspecified atom stereocenters. The highest BCUT2D eigenvalue weighted by Gasteiger charge is 2.43. The van der Waals surface area contributed by atoms with Crippen LogP contribution in [0.2, 0.25) is 0 Å². The van der Waals surface area contributed by atoms with E-state index in [0.29, 0.717) is 24.0 Å². The quantitative estimate of drug-likeness (QED) is 0.731. The molecule has 0 amide bonds. The van der Waals surface area contributed by atoms with Crippen LogP contribution in [0, 0.1) is 11.8 Å². The molecule has 0 saturated carbocycles. The van der Waals surface area contributed by atoms with Gasteiger partial charge in [0.25, 0.3) is 0 Å². The summed E-state index contributed by atoms with van der Waals surface area (Å²) in [6.07, 6.45) is 1.39. The molecule has 2 atom stereocenters. The van der Waals surface area contributed by atoms with Crippen molar-refractivity contribution in [1.82, 2.24) is 0 Å². The summed E-state index contributed by atoms with van der Waals surface area (Å²) in [4.78, 5) is 25.3. The van der Waals surface area contributed by atoms with Crippen molar-refractivity contribution in [2.24, 2.45) is 11.8 Å². The molecular formula is C18H14O2.